The van der Waals surface area contributed by atoms with Gasteiger partial charge in [0.05, 0.1) is 18.1 Å². The molecule has 1 heterocycles. The summed E-state index contributed by atoms with van der Waals surface area (Å²) in [7, 11) is -1.02. The summed E-state index contributed by atoms with van der Waals surface area (Å²) in [4.78, 5) is 0. The van der Waals surface area contributed by atoms with E-state index >= 15 is 0 Å². The molecule has 0 bridgehead atoms. The van der Waals surface area contributed by atoms with Crippen LogP contribution in [-0.4, -0.2) is 33.6 Å². The maximum absolute atomic E-state index is 11.7. The van der Waals surface area contributed by atoms with Crippen LogP contribution in [-0.2, 0) is 9.84 Å². The van der Waals surface area contributed by atoms with Crippen LogP contribution < -0.4 is 10.1 Å². The predicted octanol–water partition coefficient (Wildman–Crippen LogP) is 2.54. The first kappa shape index (κ1) is 15.8. The van der Waals surface area contributed by atoms with E-state index < -0.39 is 9.84 Å². The zero-order valence-electron chi connectivity index (χ0n) is 11.7. The minimum absolute atomic E-state index is 0.00803. The molecule has 2 unspecified atom stereocenters. The first-order chi connectivity index (χ1) is 9.46. The third-order valence-electron chi connectivity index (χ3n) is 3.66. The van der Waals surface area contributed by atoms with Crippen molar-refractivity contribution in [1.82, 2.24) is 5.32 Å². The fourth-order valence-corrected chi connectivity index (χ4v) is 5.00. The number of hydrogen-bond donors (Lipinski definition) is 1. The molecule has 20 heavy (non-hydrogen) atoms. The second-order valence-corrected chi connectivity index (χ2v) is 8.19. The number of benzene rings is 1. The van der Waals surface area contributed by atoms with Crippen molar-refractivity contribution in [3.05, 3.63) is 28.2 Å². The van der Waals surface area contributed by atoms with Crippen LogP contribution in [0.4, 0.5) is 0 Å². The van der Waals surface area contributed by atoms with Crippen LogP contribution in [0.1, 0.15) is 24.9 Å². The van der Waals surface area contributed by atoms with Gasteiger partial charge in [-0.25, -0.2) is 8.42 Å². The van der Waals surface area contributed by atoms with Crippen LogP contribution in [0.3, 0.4) is 0 Å². The van der Waals surface area contributed by atoms with E-state index in [0.29, 0.717) is 13.0 Å². The standard InChI is InChI=1S/C14H20BrNO3S/c1-3-19-13-5-4-11(15)8-12(13)14(16-2)10-6-7-20(17,18)9-10/h4-5,8,10,14,16H,3,6-7,9H2,1-2H3. The highest BCUT2D eigenvalue weighted by molar-refractivity contribution is 9.10. The first-order valence-corrected chi connectivity index (χ1v) is 9.38. The third-order valence-corrected chi connectivity index (χ3v) is 5.94. The van der Waals surface area contributed by atoms with Gasteiger partial charge in [0.1, 0.15) is 5.75 Å². The van der Waals surface area contributed by atoms with Gasteiger partial charge in [0.25, 0.3) is 0 Å². The highest BCUT2D eigenvalue weighted by Crippen LogP contribution is 2.37. The maximum Gasteiger partial charge on any atom is 0.150 e. The molecule has 1 saturated heterocycles. The number of ether oxygens (including phenoxy) is 1. The van der Waals surface area contributed by atoms with Gasteiger partial charge in [0.15, 0.2) is 9.84 Å². The molecule has 1 aromatic rings. The second kappa shape index (κ2) is 6.45. The van der Waals surface area contributed by atoms with Crippen LogP contribution in [0.2, 0.25) is 0 Å². The van der Waals surface area contributed by atoms with Crippen molar-refractivity contribution in [2.45, 2.75) is 19.4 Å². The molecule has 1 aliphatic heterocycles. The largest absolute Gasteiger partial charge is 0.494 e. The lowest BCUT2D eigenvalue weighted by molar-refractivity contribution is 0.323. The summed E-state index contributed by atoms with van der Waals surface area (Å²) in [5.74, 6) is 1.45. The van der Waals surface area contributed by atoms with Crippen LogP contribution >= 0.6 is 15.9 Å². The number of hydrogen-bond acceptors (Lipinski definition) is 4. The van der Waals surface area contributed by atoms with Gasteiger partial charge in [-0.1, -0.05) is 15.9 Å². The lowest BCUT2D eigenvalue weighted by Gasteiger charge is -2.25. The Morgan fingerprint density at radius 3 is 2.80 bits per heavy atom. The Hall–Kier alpha value is -0.590. The minimum atomic E-state index is -2.89. The lowest BCUT2D eigenvalue weighted by Crippen LogP contribution is -2.26. The predicted molar refractivity (Wildman–Crippen MR) is 83.9 cm³/mol. The Bertz CT molecular complexity index is 574. The van der Waals surface area contributed by atoms with Crippen molar-refractivity contribution in [2.75, 3.05) is 25.2 Å². The lowest BCUT2D eigenvalue weighted by atomic mass is 9.92. The molecule has 2 rings (SSSR count). The van der Waals surface area contributed by atoms with Gasteiger partial charge in [0.2, 0.25) is 0 Å². The zero-order chi connectivity index (χ0) is 14.8. The average molecular weight is 362 g/mol. The van der Waals surface area contributed by atoms with Gasteiger partial charge in [-0.2, -0.15) is 0 Å². The van der Waals surface area contributed by atoms with E-state index in [2.05, 4.69) is 21.2 Å². The zero-order valence-corrected chi connectivity index (χ0v) is 14.1. The van der Waals surface area contributed by atoms with E-state index in [1.807, 2.05) is 32.2 Å². The van der Waals surface area contributed by atoms with Gasteiger partial charge >= 0.3 is 0 Å². The highest BCUT2D eigenvalue weighted by Gasteiger charge is 2.35. The van der Waals surface area contributed by atoms with Crippen LogP contribution in [0.5, 0.6) is 5.75 Å². The normalized spacial score (nSPS) is 22.6. The smallest absolute Gasteiger partial charge is 0.150 e. The van der Waals surface area contributed by atoms with Gasteiger partial charge < -0.3 is 10.1 Å². The number of rotatable bonds is 5. The van der Waals surface area contributed by atoms with Gasteiger partial charge in [-0.3, -0.25) is 0 Å². The monoisotopic (exact) mass is 361 g/mol. The topological polar surface area (TPSA) is 55.4 Å². The summed E-state index contributed by atoms with van der Waals surface area (Å²) in [6, 6.07) is 5.87. The van der Waals surface area contributed by atoms with Gasteiger partial charge in [-0.15, -0.1) is 0 Å². The fraction of sp³-hybridized carbons (Fsp3) is 0.571. The average Bonchev–Trinajstić information content (AvgIpc) is 2.74. The molecule has 0 saturated carbocycles. The maximum atomic E-state index is 11.7. The molecule has 1 aromatic carbocycles. The summed E-state index contributed by atoms with van der Waals surface area (Å²) in [5.41, 5.74) is 1.02. The Morgan fingerprint density at radius 2 is 2.25 bits per heavy atom. The van der Waals surface area contributed by atoms with E-state index in [4.69, 9.17) is 4.74 Å². The van der Waals surface area contributed by atoms with Gasteiger partial charge in [-0.05, 0) is 44.5 Å². The molecule has 0 aromatic heterocycles. The van der Waals surface area contributed by atoms with E-state index in [1.54, 1.807) is 0 Å². The molecule has 0 aliphatic carbocycles. The summed E-state index contributed by atoms with van der Waals surface area (Å²) < 4.78 is 30.0. The summed E-state index contributed by atoms with van der Waals surface area (Å²) in [6.45, 7) is 2.54. The van der Waals surface area contributed by atoms with Crippen LogP contribution in [0.25, 0.3) is 0 Å². The molecule has 0 amide bonds. The van der Waals surface area contributed by atoms with E-state index in [1.165, 1.54) is 0 Å². The third kappa shape index (κ3) is 3.54. The summed E-state index contributed by atoms with van der Waals surface area (Å²) in [5, 5.41) is 3.26. The summed E-state index contributed by atoms with van der Waals surface area (Å²) in [6.07, 6.45) is 0.700. The van der Waals surface area contributed by atoms with Crippen LogP contribution in [0.15, 0.2) is 22.7 Å². The quantitative estimate of drug-likeness (QED) is 0.875. The van der Waals surface area contributed by atoms with E-state index in [-0.39, 0.29) is 23.5 Å². The second-order valence-electron chi connectivity index (χ2n) is 5.04. The molecule has 1 fully saturated rings. The van der Waals surface area contributed by atoms with Crippen molar-refractivity contribution >= 4 is 25.8 Å². The summed E-state index contributed by atoms with van der Waals surface area (Å²) >= 11 is 3.47. The Morgan fingerprint density at radius 1 is 1.50 bits per heavy atom. The molecular formula is C14H20BrNO3S. The molecule has 4 nitrogen and oxygen atoms in total. The molecule has 1 aliphatic rings. The number of nitrogens with one attached hydrogen (secondary N) is 1. The Balaban J connectivity index is 2.34. The van der Waals surface area contributed by atoms with Crippen molar-refractivity contribution in [2.24, 2.45) is 5.92 Å². The molecule has 0 spiro atoms. The number of sulfone groups is 1. The molecule has 6 heteroatoms. The Labute approximate surface area is 129 Å². The van der Waals surface area contributed by atoms with Gasteiger partial charge in [0, 0.05) is 16.1 Å². The molecule has 1 N–H and O–H groups in total. The van der Waals surface area contributed by atoms with E-state index in [9.17, 15) is 8.42 Å². The van der Waals surface area contributed by atoms with Crippen molar-refractivity contribution in [3.63, 3.8) is 0 Å². The van der Waals surface area contributed by atoms with Crippen molar-refractivity contribution < 1.29 is 13.2 Å². The Kier molecular flexibility index (Phi) is 5.09. The van der Waals surface area contributed by atoms with E-state index in [0.717, 1.165) is 15.8 Å². The number of halogens is 1. The molecule has 2 atom stereocenters. The SMILES string of the molecule is CCOc1ccc(Br)cc1C(NC)C1CCS(=O)(=O)C1. The fourth-order valence-electron chi connectivity index (χ4n) is 2.78. The van der Waals surface area contributed by atoms with Crippen molar-refractivity contribution in [3.8, 4) is 5.75 Å². The molecular weight excluding hydrogens is 342 g/mol. The van der Waals surface area contributed by atoms with Crippen molar-refractivity contribution in [1.29, 1.82) is 0 Å². The first-order valence-electron chi connectivity index (χ1n) is 6.76. The van der Waals surface area contributed by atoms with Crippen LogP contribution in [0, 0.1) is 5.92 Å². The minimum Gasteiger partial charge on any atom is -0.494 e. The highest BCUT2D eigenvalue weighted by atomic mass is 79.9. The molecule has 112 valence electrons. The molecule has 0 radical (unpaired) electrons.